The summed E-state index contributed by atoms with van der Waals surface area (Å²) in [7, 11) is 0. The molecule has 108 valence electrons. The minimum absolute atomic E-state index is 0.143. The molecule has 0 aromatic carbocycles. The van der Waals surface area contributed by atoms with Gasteiger partial charge >= 0.3 is 6.16 Å². The van der Waals surface area contributed by atoms with Crippen molar-refractivity contribution < 1.29 is 24.9 Å². The first-order valence-electron chi connectivity index (χ1n) is 6.24. The molecule has 0 atom stereocenters. The van der Waals surface area contributed by atoms with Crippen LogP contribution in [-0.2, 0) is 4.74 Å². The average molecular weight is 272 g/mol. The van der Waals surface area contributed by atoms with Crippen molar-refractivity contribution in [1.82, 2.24) is 4.90 Å². The fourth-order valence-corrected chi connectivity index (χ4v) is 1.71. The summed E-state index contributed by atoms with van der Waals surface area (Å²) < 4.78 is 5.32. The Kier molecular flexibility index (Phi) is 6.73. The molecule has 0 saturated carbocycles. The zero-order valence-corrected chi connectivity index (χ0v) is 10.8. The van der Waals surface area contributed by atoms with Gasteiger partial charge in [0.25, 0.3) is 0 Å². The van der Waals surface area contributed by atoms with Crippen LogP contribution in [-0.4, -0.2) is 65.1 Å². The predicted molar refractivity (Wildman–Crippen MR) is 69.5 cm³/mol. The third-order valence-electron chi connectivity index (χ3n) is 2.77. The van der Waals surface area contributed by atoms with Crippen molar-refractivity contribution in [2.75, 3.05) is 32.8 Å². The molecular formula is C12H20N2O5. The van der Waals surface area contributed by atoms with Crippen molar-refractivity contribution in [3.8, 4) is 0 Å². The van der Waals surface area contributed by atoms with Crippen LogP contribution in [0.15, 0.2) is 16.8 Å². The van der Waals surface area contributed by atoms with Crippen molar-refractivity contribution in [2.45, 2.75) is 19.3 Å². The van der Waals surface area contributed by atoms with Gasteiger partial charge in [-0.3, -0.25) is 4.99 Å². The topological polar surface area (TPSA) is 103 Å². The van der Waals surface area contributed by atoms with Crippen LogP contribution in [0.1, 0.15) is 19.3 Å². The summed E-state index contributed by atoms with van der Waals surface area (Å²) in [5.74, 6) is 0.845. The molecule has 7 heteroatoms. The number of likely N-dealkylation sites (tertiary alicyclic amines) is 1. The molecule has 1 saturated heterocycles. The molecule has 3 N–H and O–H groups in total. The Hall–Kier alpha value is -1.76. The Morgan fingerprint density at radius 1 is 1.42 bits per heavy atom. The highest BCUT2D eigenvalue weighted by Crippen LogP contribution is 2.13. The van der Waals surface area contributed by atoms with Crippen LogP contribution in [0.3, 0.4) is 0 Å². The van der Waals surface area contributed by atoms with Gasteiger partial charge in [0.2, 0.25) is 0 Å². The molecule has 19 heavy (non-hydrogen) atoms. The van der Waals surface area contributed by atoms with Crippen LogP contribution >= 0.6 is 0 Å². The monoisotopic (exact) mass is 272 g/mol. The Morgan fingerprint density at radius 3 is 2.53 bits per heavy atom. The second kappa shape index (κ2) is 8.36. The minimum atomic E-state index is -1.83. The van der Waals surface area contributed by atoms with Gasteiger partial charge < -0.3 is 25.0 Å². The zero-order chi connectivity index (χ0) is 14.1. The van der Waals surface area contributed by atoms with E-state index in [0.717, 1.165) is 50.6 Å². The van der Waals surface area contributed by atoms with E-state index in [1.165, 1.54) is 6.42 Å². The maximum absolute atomic E-state index is 9.19. The molecule has 0 unspecified atom stereocenters. The number of aliphatic hydroxyl groups is 1. The molecule has 0 amide bonds. The Bertz CT molecular complexity index is 346. The molecule has 2 aliphatic rings. The highest BCUT2D eigenvalue weighted by atomic mass is 16.6. The summed E-state index contributed by atoms with van der Waals surface area (Å²) in [6.45, 7) is 3.91. The maximum Gasteiger partial charge on any atom is 0.503 e. The summed E-state index contributed by atoms with van der Waals surface area (Å²) in [5.41, 5.74) is 1.08. The van der Waals surface area contributed by atoms with Crippen molar-refractivity contribution >= 4 is 12.1 Å². The molecule has 2 heterocycles. The van der Waals surface area contributed by atoms with E-state index in [-0.39, 0.29) is 6.61 Å². The molecule has 0 bridgehead atoms. The van der Waals surface area contributed by atoms with Gasteiger partial charge in [-0.15, -0.1) is 0 Å². The van der Waals surface area contributed by atoms with Crippen LogP contribution in [0, 0.1) is 0 Å². The molecule has 0 spiro atoms. The van der Waals surface area contributed by atoms with E-state index in [1.807, 2.05) is 0 Å². The molecule has 7 nitrogen and oxygen atoms in total. The van der Waals surface area contributed by atoms with E-state index in [1.54, 1.807) is 0 Å². The maximum atomic E-state index is 9.19. The average Bonchev–Trinajstić information content (AvgIpc) is 2.79. The summed E-state index contributed by atoms with van der Waals surface area (Å²) in [4.78, 5) is 15.0. The van der Waals surface area contributed by atoms with E-state index in [0.29, 0.717) is 0 Å². The summed E-state index contributed by atoms with van der Waals surface area (Å²) in [5, 5.41) is 23.1. The third-order valence-corrected chi connectivity index (χ3v) is 2.77. The van der Waals surface area contributed by atoms with Gasteiger partial charge in [0, 0.05) is 25.7 Å². The molecule has 2 aliphatic heterocycles. The minimum Gasteiger partial charge on any atom is -0.479 e. The van der Waals surface area contributed by atoms with Crippen LogP contribution < -0.4 is 0 Å². The van der Waals surface area contributed by atoms with Gasteiger partial charge in [-0.05, 0) is 18.4 Å². The molecule has 0 aromatic rings. The predicted octanol–water partition coefficient (Wildman–Crippen LogP) is 1.000. The summed E-state index contributed by atoms with van der Waals surface area (Å²) in [6.07, 6.45) is 3.19. The number of ether oxygens (including phenoxy) is 1. The highest BCUT2D eigenvalue weighted by Gasteiger charge is 2.12. The van der Waals surface area contributed by atoms with E-state index in [4.69, 9.17) is 19.7 Å². The van der Waals surface area contributed by atoms with Crippen molar-refractivity contribution in [3.05, 3.63) is 11.8 Å². The largest absolute Gasteiger partial charge is 0.503 e. The number of hydrogen-bond donors (Lipinski definition) is 3. The molecular weight excluding hydrogens is 252 g/mol. The van der Waals surface area contributed by atoms with Gasteiger partial charge in [-0.2, -0.15) is 0 Å². The number of hydrogen-bond acceptors (Lipinski definition) is 5. The first-order valence-corrected chi connectivity index (χ1v) is 6.24. The zero-order valence-electron chi connectivity index (χ0n) is 10.8. The molecule has 1 fully saturated rings. The Balaban J connectivity index is 0.000000399. The molecule has 0 aliphatic carbocycles. The van der Waals surface area contributed by atoms with Gasteiger partial charge in [0.1, 0.15) is 6.61 Å². The fraction of sp³-hybridized carbons (Fsp3) is 0.667. The second-order valence-electron chi connectivity index (χ2n) is 4.24. The van der Waals surface area contributed by atoms with E-state index in [9.17, 15) is 5.11 Å². The number of carbonyl (C=O) groups is 1. The van der Waals surface area contributed by atoms with Crippen LogP contribution in [0.5, 0.6) is 0 Å². The van der Waals surface area contributed by atoms with Crippen molar-refractivity contribution in [1.29, 1.82) is 0 Å². The van der Waals surface area contributed by atoms with Crippen LogP contribution in [0.4, 0.5) is 4.79 Å². The smallest absolute Gasteiger partial charge is 0.479 e. The van der Waals surface area contributed by atoms with Crippen LogP contribution in [0.25, 0.3) is 0 Å². The van der Waals surface area contributed by atoms with Crippen molar-refractivity contribution in [3.63, 3.8) is 0 Å². The first-order chi connectivity index (χ1) is 9.11. The number of aliphatic imine (C=N–C) groups is 1. The van der Waals surface area contributed by atoms with Crippen molar-refractivity contribution in [2.24, 2.45) is 4.99 Å². The Morgan fingerprint density at radius 2 is 2.11 bits per heavy atom. The van der Waals surface area contributed by atoms with Gasteiger partial charge in [0.15, 0.2) is 5.90 Å². The number of aliphatic hydroxyl groups excluding tert-OH is 1. The number of nitrogens with zero attached hydrogens (tertiary/aromatic N) is 2. The normalized spacial score (nSPS) is 17.8. The quantitative estimate of drug-likeness (QED) is 0.690. The lowest BCUT2D eigenvalue weighted by Gasteiger charge is -2.30. The fourth-order valence-electron chi connectivity index (χ4n) is 1.71. The summed E-state index contributed by atoms with van der Waals surface area (Å²) >= 11 is 0. The van der Waals surface area contributed by atoms with E-state index in [2.05, 4.69) is 16.1 Å². The highest BCUT2D eigenvalue weighted by molar-refractivity contribution is 5.77. The van der Waals surface area contributed by atoms with E-state index >= 15 is 0 Å². The SMILES string of the molecule is O=C(O)O.OCC(=CN1CCC1)CCC1=NCCO1. The third kappa shape index (κ3) is 6.66. The standard InChI is InChI=1S/C11H18N2O2.CH2O3/c14-9-10(8-13-5-1-6-13)2-3-11-12-4-7-15-11;2-1(3)4/h8,14H,1-7,9H2;(H2,2,3,4). The lowest BCUT2D eigenvalue weighted by Crippen LogP contribution is -2.32. The van der Waals surface area contributed by atoms with Gasteiger partial charge in [-0.25, -0.2) is 4.79 Å². The summed E-state index contributed by atoms with van der Waals surface area (Å²) in [6, 6.07) is 0. The lowest BCUT2D eigenvalue weighted by molar-refractivity contribution is 0.137. The lowest BCUT2D eigenvalue weighted by atomic mass is 10.1. The molecule has 0 aromatic heterocycles. The van der Waals surface area contributed by atoms with Gasteiger partial charge in [-0.1, -0.05) is 0 Å². The van der Waals surface area contributed by atoms with Crippen LogP contribution in [0.2, 0.25) is 0 Å². The number of rotatable bonds is 5. The van der Waals surface area contributed by atoms with Gasteiger partial charge in [0.05, 0.1) is 13.2 Å². The number of carboxylic acid groups (broad SMARTS) is 2. The second-order valence-corrected chi connectivity index (χ2v) is 4.24. The molecule has 2 rings (SSSR count). The Labute approximate surface area is 111 Å². The van der Waals surface area contributed by atoms with E-state index < -0.39 is 6.16 Å². The first kappa shape index (κ1) is 15.3. The molecule has 0 radical (unpaired) electrons.